The van der Waals surface area contributed by atoms with Gasteiger partial charge in [0.15, 0.2) is 0 Å². The fraction of sp³-hybridized carbons (Fsp3) is 0.500. The van der Waals surface area contributed by atoms with Gasteiger partial charge in [-0.1, -0.05) is 5.21 Å². The predicted octanol–water partition coefficient (Wildman–Crippen LogP) is -1.52. The van der Waals surface area contributed by atoms with Crippen molar-refractivity contribution >= 4 is 5.91 Å². The predicted molar refractivity (Wildman–Crippen MR) is 42.0 cm³/mol. The lowest BCUT2D eigenvalue weighted by Gasteiger charge is -1.96. The van der Waals surface area contributed by atoms with E-state index in [-0.39, 0.29) is 12.5 Å². The first kappa shape index (κ1) is 8.66. The van der Waals surface area contributed by atoms with Crippen molar-refractivity contribution in [2.24, 2.45) is 5.73 Å². The van der Waals surface area contributed by atoms with Gasteiger partial charge in [-0.05, 0) is 0 Å². The Morgan fingerprint density at radius 3 is 3.08 bits per heavy atom. The molecule has 0 aliphatic rings. The minimum Gasteiger partial charge on any atom is -0.358 e. The molecule has 0 atom stereocenters. The third-order valence-electron chi connectivity index (χ3n) is 1.38. The molecule has 1 rings (SSSR count). The van der Waals surface area contributed by atoms with Gasteiger partial charge in [-0.3, -0.25) is 4.79 Å². The third-order valence-corrected chi connectivity index (χ3v) is 1.38. The first-order valence-electron chi connectivity index (χ1n) is 3.56. The second kappa shape index (κ2) is 3.82. The molecule has 0 spiro atoms. The highest BCUT2D eigenvalue weighted by Crippen LogP contribution is 1.89. The van der Waals surface area contributed by atoms with E-state index in [4.69, 9.17) is 5.73 Å². The first-order valence-corrected chi connectivity index (χ1v) is 3.56. The van der Waals surface area contributed by atoms with Gasteiger partial charge >= 0.3 is 0 Å². The monoisotopic (exact) mass is 169 g/mol. The number of carbonyl (C=O) groups is 1. The topological polar surface area (TPSA) is 85.8 Å². The summed E-state index contributed by atoms with van der Waals surface area (Å²) in [5.41, 5.74) is 5.99. The summed E-state index contributed by atoms with van der Waals surface area (Å²) in [6.45, 7) is 0.525. The largest absolute Gasteiger partial charge is 0.358 e. The van der Waals surface area contributed by atoms with Gasteiger partial charge in [-0.2, -0.15) is 0 Å². The van der Waals surface area contributed by atoms with Crippen LogP contribution in [0.2, 0.25) is 0 Å². The van der Waals surface area contributed by atoms with Gasteiger partial charge in [0.1, 0.15) is 6.54 Å². The highest BCUT2D eigenvalue weighted by Gasteiger charge is 2.02. The molecule has 0 aromatic carbocycles. The summed E-state index contributed by atoms with van der Waals surface area (Å²) >= 11 is 0. The van der Waals surface area contributed by atoms with Crippen molar-refractivity contribution < 1.29 is 4.79 Å². The lowest BCUT2D eigenvalue weighted by molar-refractivity contribution is -0.121. The second-order valence-corrected chi connectivity index (χ2v) is 2.28. The highest BCUT2D eigenvalue weighted by atomic mass is 16.1. The van der Waals surface area contributed by atoms with E-state index in [2.05, 4.69) is 15.6 Å². The van der Waals surface area contributed by atoms with Crippen LogP contribution in [-0.2, 0) is 17.9 Å². The average molecular weight is 169 g/mol. The highest BCUT2D eigenvalue weighted by molar-refractivity contribution is 5.75. The standard InChI is InChI=1S/C6H11N5O/c1-8-6(12)4-11-3-5(2-7)9-10-11/h3H,2,4,7H2,1H3,(H,8,12). The Hall–Kier alpha value is -1.43. The second-order valence-electron chi connectivity index (χ2n) is 2.28. The minimum atomic E-state index is -0.108. The third kappa shape index (κ3) is 2.03. The van der Waals surface area contributed by atoms with Crippen molar-refractivity contribution in [1.29, 1.82) is 0 Å². The number of nitrogens with two attached hydrogens (primary N) is 1. The molecule has 0 saturated heterocycles. The molecule has 6 heteroatoms. The van der Waals surface area contributed by atoms with Crippen LogP contribution in [-0.4, -0.2) is 27.9 Å². The van der Waals surface area contributed by atoms with Crippen LogP contribution >= 0.6 is 0 Å². The van der Waals surface area contributed by atoms with Crippen LogP contribution in [0, 0.1) is 0 Å². The maximum Gasteiger partial charge on any atom is 0.241 e. The Balaban J connectivity index is 2.58. The molecule has 66 valence electrons. The molecule has 6 nitrogen and oxygen atoms in total. The number of amides is 1. The van der Waals surface area contributed by atoms with Crippen molar-refractivity contribution in [3.63, 3.8) is 0 Å². The molecule has 0 fully saturated rings. The van der Waals surface area contributed by atoms with E-state index in [1.165, 1.54) is 4.68 Å². The zero-order valence-corrected chi connectivity index (χ0v) is 6.82. The molecule has 1 aromatic rings. The molecule has 0 unspecified atom stereocenters. The zero-order chi connectivity index (χ0) is 8.97. The van der Waals surface area contributed by atoms with Gasteiger partial charge < -0.3 is 11.1 Å². The van der Waals surface area contributed by atoms with Crippen LogP contribution in [0.15, 0.2) is 6.20 Å². The molecule has 1 aromatic heterocycles. The van der Waals surface area contributed by atoms with Crippen molar-refractivity contribution in [3.8, 4) is 0 Å². The van der Waals surface area contributed by atoms with Crippen LogP contribution in [0.5, 0.6) is 0 Å². The van der Waals surface area contributed by atoms with Gasteiger partial charge in [0, 0.05) is 13.6 Å². The molecule has 0 bridgehead atoms. The van der Waals surface area contributed by atoms with E-state index in [0.717, 1.165) is 0 Å². The van der Waals surface area contributed by atoms with E-state index in [9.17, 15) is 4.79 Å². The molecule has 1 amide bonds. The van der Waals surface area contributed by atoms with Gasteiger partial charge in [-0.15, -0.1) is 5.10 Å². The summed E-state index contributed by atoms with van der Waals surface area (Å²) in [7, 11) is 1.57. The van der Waals surface area contributed by atoms with E-state index >= 15 is 0 Å². The van der Waals surface area contributed by atoms with Gasteiger partial charge in [-0.25, -0.2) is 4.68 Å². The van der Waals surface area contributed by atoms with Crippen LogP contribution in [0.25, 0.3) is 0 Å². The summed E-state index contributed by atoms with van der Waals surface area (Å²) in [6.07, 6.45) is 1.65. The molecule has 0 aliphatic heterocycles. The van der Waals surface area contributed by atoms with Crippen LogP contribution in [0.3, 0.4) is 0 Å². The molecule has 1 heterocycles. The minimum absolute atomic E-state index is 0.108. The molecule has 0 aliphatic carbocycles. The summed E-state index contributed by atoms with van der Waals surface area (Å²) in [5.74, 6) is -0.108. The lowest BCUT2D eigenvalue weighted by Crippen LogP contribution is -2.23. The molecule has 0 saturated carbocycles. The number of nitrogens with zero attached hydrogens (tertiary/aromatic N) is 3. The van der Waals surface area contributed by atoms with Crippen molar-refractivity contribution in [3.05, 3.63) is 11.9 Å². The number of nitrogens with one attached hydrogen (secondary N) is 1. The van der Waals surface area contributed by atoms with Crippen molar-refractivity contribution in [2.75, 3.05) is 7.05 Å². The van der Waals surface area contributed by atoms with E-state index in [0.29, 0.717) is 12.2 Å². The van der Waals surface area contributed by atoms with Gasteiger partial charge in [0.2, 0.25) is 5.91 Å². The average Bonchev–Trinajstić information content (AvgIpc) is 2.52. The SMILES string of the molecule is CNC(=O)Cn1cc(CN)nn1. The normalized spacial score (nSPS) is 9.83. The number of likely N-dealkylation sites (N-methyl/N-ethyl adjacent to an activating group) is 1. The molecular formula is C6H11N5O. The number of aromatic nitrogens is 3. The van der Waals surface area contributed by atoms with E-state index in [1.807, 2.05) is 0 Å². The quantitative estimate of drug-likeness (QED) is 0.575. The fourth-order valence-corrected chi connectivity index (χ4v) is 0.736. The molecule has 12 heavy (non-hydrogen) atoms. The van der Waals surface area contributed by atoms with Crippen LogP contribution in [0.1, 0.15) is 5.69 Å². The Bertz CT molecular complexity index is 269. The van der Waals surface area contributed by atoms with Crippen molar-refractivity contribution in [2.45, 2.75) is 13.1 Å². The summed E-state index contributed by atoms with van der Waals surface area (Å²) in [5, 5.41) is 9.91. The van der Waals surface area contributed by atoms with Gasteiger partial charge in [0.25, 0.3) is 0 Å². The zero-order valence-electron chi connectivity index (χ0n) is 6.82. The molecule has 3 N–H and O–H groups in total. The van der Waals surface area contributed by atoms with Gasteiger partial charge in [0.05, 0.1) is 11.9 Å². The smallest absolute Gasteiger partial charge is 0.241 e. The Kier molecular flexibility index (Phi) is 2.76. The first-order chi connectivity index (χ1) is 5.76. The number of rotatable bonds is 3. The maximum atomic E-state index is 10.8. The van der Waals surface area contributed by atoms with Crippen LogP contribution in [0.4, 0.5) is 0 Å². The number of hydrogen-bond donors (Lipinski definition) is 2. The van der Waals surface area contributed by atoms with E-state index in [1.54, 1.807) is 13.2 Å². The van der Waals surface area contributed by atoms with Crippen LogP contribution < -0.4 is 11.1 Å². The Morgan fingerprint density at radius 1 is 1.83 bits per heavy atom. The van der Waals surface area contributed by atoms with Crippen molar-refractivity contribution in [1.82, 2.24) is 20.3 Å². The Morgan fingerprint density at radius 2 is 2.58 bits per heavy atom. The number of carbonyl (C=O) groups excluding carboxylic acids is 1. The summed E-state index contributed by atoms with van der Waals surface area (Å²) < 4.78 is 1.45. The van der Waals surface area contributed by atoms with E-state index < -0.39 is 0 Å². The summed E-state index contributed by atoms with van der Waals surface area (Å²) in [4.78, 5) is 10.8. The molecule has 0 radical (unpaired) electrons. The lowest BCUT2D eigenvalue weighted by atomic mass is 10.5. The maximum absolute atomic E-state index is 10.8. The molecular weight excluding hydrogens is 158 g/mol. The number of hydrogen-bond acceptors (Lipinski definition) is 4. The summed E-state index contributed by atoms with van der Waals surface area (Å²) in [6, 6.07) is 0. The Labute approximate surface area is 69.7 Å². The fourth-order valence-electron chi connectivity index (χ4n) is 0.736.